The van der Waals surface area contributed by atoms with E-state index in [9.17, 15) is 4.39 Å². The van der Waals surface area contributed by atoms with Gasteiger partial charge in [0.1, 0.15) is 5.83 Å². The molecule has 1 aliphatic heterocycles. The van der Waals surface area contributed by atoms with Gasteiger partial charge < -0.3 is 0 Å². The summed E-state index contributed by atoms with van der Waals surface area (Å²) in [4.78, 5) is 2.44. The highest BCUT2D eigenvalue weighted by atomic mass is 19.1. The van der Waals surface area contributed by atoms with E-state index in [1.54, 1.807) is 12.2 Å². The maximum atomic E-state index is 13.1. The number of rotatable bonds is 1. The van der Waals surface area contributed by atoms with Crippen LogP contribution in [0.15, 0.2) is 35.2 Å². The maximum Gasteiger partial charge on any atom is 0.119 e. The fourth-order valence-corrected chi connectivity index (χ4v) is 2.16. The fraction of sp³-hybridized carbons (Fsp3) is 0.538. The SMILES string of the molecule is CC(C)N1CCC2=C(C=CC(F)=CC2)C1. The van der Waals surface area contributed by atoms with Gasteiger partial charge in [0.25, 0.3) is 0 Å². The summed E-state index contributed by atoms with van der Waals surface area (Å²) >= 11 is 0. The Balaban J connectivity index is 2.16. The Morgan fingerprint density at radius 3 is 2.87 bits per heavy atom. The zero-order valence-electron chi connectivity index (χ0n) is 9.46. The van der Waals surface area contributed by atoms with Crippen molar-refractivity contribution in [2.24, 2.45) is 0 Å². The minimum Gasteiger partial charge on any atom is -0.296 e. The third-order valence-corrected chi connectivity index (χ3v) is 3.25. The summed E-state index contributed by atoms with van der Waals surface area (Å²) in [6, 6.07) is 0.577. The van der Waals surface area contributed by atoms with Crippen LogP contribution in [0, 0.1) is 0 Å². The summed E-state index contributed by atoms with van der Waals surface area (Å²) in [5, 5.41) is 0. The van der Waals surface area contributed by atoms with Crippen LogP contribution in [0.25, 0.3) is 0 Å². The minimum atomic E-state index is -0.0968. The zero-order valence-corrected chi connectivity index (χ0v) is 9.46. The van der Waals surface area contributed by atoms with Crippen molar-refractivity contribution >= 4 is 0 Å². The van der Waals surface area contributed by atoms with Gasteiger partial charge in [0.05, 0.1) is 0 Å². The molecule has 0 unspecified atom stereocenters. The fourth-order valence-electron chi connectivity index (χ4n) is 2.16. The van der Waals surface area contributed by atoms with E-state index >= 15 is 0 Å². The molecule has 2 heteroatoms. The van der Waals surface area contributed by atoms with E-state index in [4.69, 9.17) is 0 Å². The normalized spacial score (nSPS) is 22.8. The zero-order chi connectivity index (χ0) is 10.8. The van der Waals surface area contributed by atoms with Crippen molar-refractivity contribution in [1.82, 2.24) is 4.90 Å². The molecule has 0 saturated heterocycles. The van der Waals surface area contributed by atoms with Crippen LogP contribution in [-0.4, -0.2) is 24.0 Å². The van der Waals surface area contributed by atoms with Crippen molar-refractivity contribution in [3.63, 3.8) is 0 Å². The first kappa shape index (κ1) is 10.6. The number of halogens is 1. The monoisotopic (exact) mass is 207 g/mol. The van der Waals surface area contributed by atoms with Gasteiger partial charge in [0.2, 0.25) is 0 Å². The Bertz CT molecular complexity index is 336. The van der Waals surface area contributed by atoms with Gasteiger partial charge in [-0.15, -0.1) is 0 Å². The molecule has 0 N–H and O–H groups in total. The lowest BCUT2D eigenvalue weighted by Gasteiger charge is -2.32. The summed E-state index contributed by atoms with van der Waals surface area (Å²) < 4.78 is 13.1. The molecule has 0 saturated carbocycles. The molecule has 1 nitrogen and oxygen atoms in total. The summed E-state index contributed by atoms with van der Waals surface area (Å²) in [7, 11) is 0. The maximum absolute atomic E-state index is 13.1. The molecule has 15 heavy (non-hydrogen) atoms. The van der Waals surface area contributed by atoms with Gasteiger partial charge in [-0.3, -0.25) is 4.90 Å². The molecule has 1 heterocycles. The van der Waals surface area contributed by atoms with Gasteiger partial charge in [-0.25, -0.2) is 4.39 Å². The van der Waals surface area contributed by atoms with Crippen LogP contribution < -0.4 is 0 Å². The van der Waals surface area contributed by atoms with Gasteiger partial charge in [-0.2, -0.15) is 0 Å². The molecule has 0 bridgehead atoms. The summed E-state index contributed by atoms with van der Waals surface area (Å²) in [5.74, 6) is -0.0968. The van der Waals surface area contributed by atoms with E-state index in [1.807, 2.05) is 6.08 Å². The molecule has 2 rings (SSSR count). The van der Waals surface area contributed by atoms with Gasteiger partial charge in [-0.05, 0) is 44.4 Å². The summed E-state index contributed by atoms with van der Waals surface area (Å²) in [6.45, 7) is 6.51. The quantitative estimate of drug-likeness (QED) is 0.638. The lowest BCUT2D eigenvalue weighted by molar-refractivity contribution is 0.233. The van der Waals surface area contributed by atoms with Crippen molar-refractivity contribution < 1.29 is 4.39 Å². The molecule has 0 aromatic rings. The van der Waals surface area contributed by atoms with E-state index in [2.05, 4.69) is 18.7 Å². The Hall–Kier alpha value is -0.890. The second-order valence-electron chi connectivity index (χ2n) is 4.57. The van der Waals surface area contributed by atoms with Crippen molar-refractivity contribution in [2.75, 3.05) is 13.1 Å². The van der Waals surface area contributed by atoms with Crippen LogP contribution in [0.4, 0.5) is 4.39 Å². The molecule has 0 amide bonds. The van der Waals surface area contributed by atoms with Crippen LogP contribution in [0.1, 0.15) is 26.7 Å². The molecule has 0 radical (unpaired) electrons. The van der Waals surface area contributed by atoms with Crippen molar-refractivity contribution in [2.45, 2.75) is 32.7 Å². The van der Waals surface area contributed by atoms with Crippen molar-refractivity contribution in [3.05, 3.63) is 35.2 Å². The lowest BCUT2D eigenvalue weighted by Crippen LogP contribution is -2.36. The number of hydrogen-bond acceptors (Lipinski definition) is 1. The molecular formula is C13H18FN. The van der Waals surface area contributed by atoms with E-state index in [1.165, 1.54) is 11.1 Å². The van der Waals surface area contributed by atoms with Gasteiger partial charge >= 0.3 is 0 Å². The average Bonchev–Trinajstić information content (AvgIpc) is 2.40. The summed E-state index contributed by atoms with van der Waals surface area (Å²) in [5.41, 5.74) is 2.73. The first-order valence-electron chi connectivity index (χ1n) is 5.65. The Morgan fingerprint density at radius 2 is 2.13 bits per heavy atom. The standard InChI is InChI=1S/C13H18FN/c1-10(2)15-8-7-11-3-5-13(14)6-4-12(11)9-15/h4-6,10H,3,7-9H2,1-2H3. The van der Waals surface area contributed by atoms with Crippen LogP contribution in [0.3, 0.4) is 0 Å². The Morgan fingerprint density at radius 1 is 1.33 bits per heavy atom. The smallest absolute Gasteiger partial charge is 0.119 e. The van der Waals surface area contributed by atoms with Crippen LogP contribution in [-0.2, 0) is 0 Å². The first-order valence-corrected chi connectivity index (χ1v) is 5.65. The molecule has 0 atom stereocenters. The molecule has 0 spiro atoms. The Labute approximate surface area is 91.0 Å². The first-order chi connectivity index (χ1) is 7.16. The molecular weight excluding hydrogens is 189 g/mol. The highest BCUT2D eigenvalue weighted by Crippen LogP contribution is 2.26. The predicted octanol–water partition coefficient (Wildman–Crippen LogP) is 3.21. The van der Waals surface area contributed by atoms with Crippen LogP contribution in [0.5, 0.6) is 0 Å². The minimum absolute atomic E-state index is 0.0968. The molecule has 1 aliphatic carbocycles. The second-order valence-corrected chi connectivity index (χ2v) is 4.57. The van der Waals surface area contributed by atoms with Gasteiger partial charge in [-0.1, -0.05) is 11.6 Å². The van der Waals surface area contributed by atoms with E-state index in [-0.39, 0.29) is 5.83 Å². The number of allylic oxidation sites excluding steroid dienone is 3. The van der Waals surface area contributed by atoms with Crippen molar-refractivity contribution in [1.29, 1.82) is 0 Å². The number of nitrogens with zero attached hydrogens (tertiary/aromatic N) is 1. The molecule has 0 aromatic heterocycles. The molecule has 2 aliphatic rings. The third-order valence-electron chi connectivity index (χ3n) is 3.25. The topological polar surface area (TPSA) is 3.24 Å². The third kappa shape index (κ3) is 2.37. The van der Waals surface area contributed by atoms with E-state index < -0.39 is 0 Å². The van der Waals surface area contributed by atoms with Crippen molar-refractivity contribution in [3.8, 4) is 0 Å². The van der Waals surface area contributed by atoms with E-state index in [0.29, 0.717) is 6.04 Å². The van der Waals surface area contributed by atoms with Crippen LogP contribution >= 0.6 is 0 Å². The summed E-state index contributed by atoms with van der Waals surface area (Å²) in [6.07, 6.45) is 7.10. The second kappa shape index (κ2) is 4.31. The highest BCUT2D eigenvalue weighted by molar-refractivity contribution is 5.37. The molecule has 0 aromatic carbocycles. The average molecular weight is 207 g/mol. The Kier molecular flexibility index (Phi) is 3.06. The molecule has 82 valence electrons. The van der Waals surface area contributed by atoms with Gasteiger partial charge in [0.15, 0.2) is 0 Å². The molecule has 0 fully saturated rings. The number of hydrogen-bond donors (Lipinski definition) is 0. The van der Waals surface area contributed by atoms with Gasteiger partial charge in [0, 0.05) is 19.1 Å². The largest absolute Gasteiger partial charge is 0.296 e. The van der Waals surface area contributed by atoms with Crippen LogP contribution in [0.2, 0.25) is 0 Å². The highest BCUT2D eigenvalue weighted by Gasteiger charge is 2.19. The van der Waals surface area contributed by atoms with E-state index in [0.717, 1.165) is 25.9 Å². The lowest BCUT2D eigenvalue weighted by atomic mass is 9.97. The predicted molar refractivity (Wildman–Crippen MR) is 61.3 cm³/mol.